The van der Waals surface area contributed by atoms with Gasteiger partial charge in [0, 0.05) is 37.3 Å². The SMILES string of the molecule is CC1CCCN(C(C)(C)CNC(=O)C2CCCN(C(=O)c3ccc(Cl)c(Cl)c3)C2)C1. The first-order valence-electron chi connectivity index (χ1n) is 10.9. The first kappa shape index (κ1) is 23.4. The van der Waals surface area contributed by atoms with Crippen molar-refractivity contribution in [1.29, 1.82) is 0 Å². The van der Waals surface area contributed by atoms with Gasteiger partial charge in [0.15, 0.2) is 0 Å². The summed E-state index contributed by atoms with van der Waals surface area (Å²) in [6, 6.07) is 4.91. The van der Waals surface area contributed by atoms with Crippen LogP contribution in [0.3, 0.4) is 0 Å². The van der Waals surface area contributed by atoms with E-state index >= 15 is 0 Å². The van der Waals surface area contributed by atoms with Crippen LogP contribution in [0.15, 0.2) is 18.2 Å². The van der Waals surface area contributed by atoms with E-state index in [0.717, 1.165) is 25.9 Å². The molecule has 2 saturated heterocycles. The van der Waals surface area contributed by atoms with E-state index in [4.69, 9.17) is 23.2 Å². The van der Waals surface area contributed by atoms with Gasteiger partial charge in [-0.05, 0) is 70.2 Å². The molecule has 3 rings (SSSR count). The number of nitrogens with one attached hydrogen (secondary N) is 1. The number of carbonyl (C=O) groups excluding carboxylic acids is 2. The van der Waals surface area contributed by atoms with Crippen molar-refractivity contribution in [3.63, 3.8) is 0 Å². The fourth-order valence-corrected chi connectivity index (χ4v) is 4.78. The summed E-state index contributed by atoms with van der Waals surface area (Å²) in [6.45, 7) is 10.6. The second-order valence-corrected chi connectivity index (χ2v) is 10.3. The third-order valence-electron chi connectivity index (χ3n) is 6.45. The van der Waals surface area contributed by atoms with Gasteiger partial charge in [-0.15, -0.1) is 0 Å². The molecule has 2 atom stereocenters. The summed E-state index contributed by atoms with van der Waals surface area (Å²) in [4.78, 5) is 30.0. The minimum Gasteiger partial charge on any atom is -0.354 e. The summed E-state index contributed by atoms with van der Waals surface area (Å²) in [7, 11) is 0. The van der Waals surface area contributed by atoms with Crippen molar-refractivity contribution in [3.8, 4) is 0 Å². The van der Waals surface area contributed by atoms with Crippen molar-refractivity contribution >= 4 is 35.0 Å². The number of rotatable bonds is 5. The third-order valence-corrected chi connectivity index (χ3v) is 7.19. The van der Waals surface area contributed by atoms with Crippen molar-refractivity contribution < 1.29 is 9.59 Å². The van der Waals surface area contributed by atoms with Crippen LogP contribution in [0.2, 0.25) is 10.0 Å². The highest BCUT2D eigenvalue weighted by molar-refractivity contribution is 6.42. The summed E-state index contributed by atoms with van der Waals surface area (Å²) in [5.74, 6) is 0.461. The Bertz CT molecular complexity index is 784. The number of carbonyl (C=O) groups is 2. The first-order valence-corrected chi connectivity index (χ1v) is 11.7. The van der Waals surface area contributed by atoms with E-state index in [9.17, 15) is 9.59 Å². The fraction of sp³-hybridized carbons (Fsp3) is 0.652. The van der Waals surface area contributed by atoms with Gasteiger partial charge < -0.3 is 10.2 Å². The molecule has 2 fully saturated rings. The zero-order valence-electron chi connectivity index (χ0n) is 18.2. The number of benzene rings is 1. The third kappa shape index (κ3) is 5.68. The van der Waals surface area contributed by atoms with E-state index in [1.165, 1.54) is 12.8 Å². The lowest BCUT2D eigenvalue weighted by Gasteiger charge is -2.43. The molecule has 0 aromatic heterocycles. The van der Waals surface area contributed by atoms with Gasteiger partial charge in [-0.2, -0.15) is 0 Å². The number of amides is 2. The molecule has 0 radical (unpaired) electrons. The van der Waals surface area contributed by atoms with Crippen LogP contribution in [0.1, 0.15) is 56.8 Å². The van der Waals surface area contributed by atoms with Gasteiger partial charge in [0.1, 0.15) is 0 Å². The molecular weight excluding hydrogens is 421 g/mol. The maximum atomic E-state index is 12.9. The Hall–Kier alpha value is -1.30. The molecule has 2 aliphatic rings. The summed E-state index contributed by atoms with van der Waals surface area (Å²) >= 11 is 12.0. The topological polar surface area (TPSA) is 52.7 Å². The van der Waals surface area contributed by atoms with Crippen molar-refractivity contribution in [2.45, 2.75) is 52.0 Å². The Labute approximate surface area is 190 Å². The summed E-state index contributed by atoms with van der Waals surface area (Å²) in [5, 5.41) is 3.95. The highest BCUT2D eigenvalue weighted by atomic mass is 35.5. The van der Waals surface area contributed by atoms with Gasteiger partial charge in [0.25, 0.3) is 5.91 Å². The van der Waals surface area contributed by atoms with E-state index in [1.54, 1.807) is 23.1 Å². The van der Waals surface area contributed by atoms with Gasteiger partial charge in [-0.3, -0.25) is 14.5 Å². The molecule has 2 heterocycles. The van der Waals surface area contributed by atoms with Crippen molar-refractivity contribution in [1.82, 2.24) is 15.1 Å². The van der Waals surface area contributed by atoms with Crippen LogP contribution in [-0.4, -0.2) is 59.9 Å². The number of halogens is 2. The molecule has 1 N–H and O–H groups in total. The molecule has 0 saturated carbocycles. The predicted octanol–water partition coefficient (Wildman–Crippen LogP) is 4.47. The lowest BCUT2D eigenvalue weighted by molar-refractivity contribution is -0.127. The number of hydrogen-bond donors (Lipinski definition) is 1. The Balaban J connectivity index is 1.56. The molecule has 7 heteroatoms. The van der Waals surface area contributed by atoms with Crippen LogP contribution in [0.25, 0.3) is 0 Å². The minimum absolute atomic E-state index is 0.0415. The smallest absolute Gasteiger partial charge is 0.253 e. The second-order valence-electron chi connectivity index (χ2n) is 9.44. The van der Waals surface area contributed by atoms with E-state index in [0.29, 0.717) is 41.2 Å². The zero-order valence-corrected chi connectivity index (χ0v) is 19.7. The van der Waals surface area contributed by atoms with Crippen LogP contribution in [0.5, 0.6) is 0 Å². The maximum Gasteiger partial charge on any atom is 0.253 e. The standard InChI is InChI=1S/C23H33Cl2N3O2/c1-16-6-4-11-28(13-16)23(2,3)15-26-21(29)18-7-5-10-27(14-18)22(30)17-8-9-19(24)20(25)12-17/h8-9,12,16,18H,4-7,10-11,13-15H2,1-3H3,(H,26,29). The van der Waals surface area contributed by atoms with Gasteiger partial charge in [0.2, 0.25) is 5.91 Å². The molecule has 0 aliphatic carbocycles. The highest BCUT2D eigenvalue weighted by Crippen LogP contribution is 2.26. The lowest BCUT2D eigenvalue weighted by atomic mass is 9.92. The van der Waals surface area contributed by atoms with Gasteiger partial charge in [-0.25, -0.2) is 0 Å². The number of hydrogen-bond acceptors (Lipinski definition) is 3. The minimum atomic E-state index is -0.179. The monoisotopic (exact) mass is 453 g/mol. The summed E-state index contributed by atoms with van der Waals surface area (Å²) in [5.41, 5.74) is 0.431. The van der Waals surface area contributed by atoms with Gasteiger partial charge in [0.05, 0.1) is 16.0 Å². The van der Waals surface area contributed by atoms with Crippen molar-refractivity contribution in [2.24, 2.45) is 11.8 Å². The van der Waals surface area contributed by atoms with E-state index < -0.39 is 0 Å². The van der Waals surface area contributed by atoms with Crippen LogP contribution in [-0.2, 0) is 4.79 Å². The number of piperidine rings is 2. The van der Waals surface area contributed by atoms with E-state index in [-0.39, 0.29) is 23.3 Å². The van der Waals surface area contributed by atoms with Crippen molar-refractivity contribution in [2.75, 3.05) is 32.7 Å². The van der Waals surface area contributed by atoms with E-state index in [1.807, 2.05) is 0 Å². The maximum absolute atomic E-state index is 12.9. The van der Waals surface area contributed by atoms with Crippen LogP contribution in [0.4, 0.5) is 0 Å². The molecule has 2 aliphatic heterocycles. The normalized spacial score (nSPS) is 23.3. The molecule has 2 unspecified atom stereocenters. The van der Waals surface area contributed by atoms with Gasteiger partial charge in [-0.1, -0.05) is 30.1 Å². The Morgan fingerprint density at radius 1 is 1.10 bits per heavy atom. The lowest BCUT2D eigenvalue weighted by Crippen LogP contribution is -2.56. The first-order chi connectivity index (χ1) is 14.2. The largest absolute Gasteiger partial charge is 0.354 e. The van der Waals surface area contributed by atoms with Crippen molar-refractivity contribution in [3.05, 3.63) is 33.8 Å². The van der Waals surface area contributed by atoms with Crippen LogP contribution < -0.4 is 5.32 Å². The molecule has 0 bridgehead atoms. The summed E-state index contributed by atoms with van der Waals surface area (Å²) < 4.78 is 0. The van der Waals surface area contributed by atoms with E-state index in [2.05, 4.69) is 31.0 Å². The second kappa shape index (κ2) is 9.88. The molecule has 1 aromatic carbocycles. The Morgan fingerprint density at radius 2 is 1.83 bits per heavy atom. The molecule has 30 heavy (non-hydrogen) atoms. The number of nitrogens with zero attached hydrogens (tertiary/aromatic N) is 2. The Kier molecular flexibility index (Phi) is 7.70. The molecule has 1 aromatic rings. The zero-order chi connectivity index (χ0) is 21.9. The molecule has 0 spiro atoms. The average molecular weight is 454 g/mol. The molecule has 5 nitrogen and oxygen atoms in total. The van der Waals surface area contributed by atoms with Gasteiger partial charge >= 0.3 is 0 Å². The molecular formula is C23H33Cl2N3O2. The predicted molar refractivity (Wildman–Crippen MR) is 122 cm³/mol. The van der Waals surface area contributed by atoms with Crippen LogP contribution >= 0.6 is 23.2 Å². The number of likely N-dealkylation sites (tertiary alicyclic amines) is 2. The highest BCUT2D eigenvalue weighted by Gasteiger charge is 2.33. The molecule has 166 valence electrons. The summed E-state index contributed by atoms with van der Waals surface area (Å²) in [6.07, 6.45) is 4.12. The fourth-order valence-electron chi connectivity index (χ4n) is 4.49. The quantitative estimate of drug-likeness (QED) is 0.714. The Morgan fingerprint density at radius 3 is 2.53 bits per heavy atom. The van der Waals surface area contributed by atoms with Crippen LogP contribution in [0, 0.1) is 11.8 Å². The average Bonchev–Trinajstić information content (AvgIpc) is 2.73. The molecule has 2 amide bonds.